The van der Waals surface area contributed by atoms with Crippen LogP contribution in [-0.4, -0.2) is 42.3 Å². The number of nitrogens with zero attached hydrogens (tertiary/aromatic N) is 1. The molecule has 0 aromatic rings. The van der Waals surface area contributed by atoms with Crippen LogP contribution in [0.5, 0.6) is 0 Å². The molecule has 0 aromatic carbocycles. The van der Waals surface area contributed by atoms with Crippen molar-refractivity contribution in [2.75, 3.05) is 13.1 Å². The lowest BCUT2D eigenvalue weighted by Gasteiger charge is -2.29. The van der Waals surface area contributed by atoms with E-state index in [2.05, 4.69) is 0 Å². The van der Waals surface area contributed by atoms with Crippen molar-refractivity contribution in [3.8, 4) is 0 Å². The van der Waals surface area contributed by atoms with Gasteiger partial charge in [-0.3, -0.25) is 4.79 Å². The maximum absolute atomic E-state index is 12.4. The third-order valence-corrected chi connectivity index (χ3v) is 2.78. The monoisotopic (exact) mass is 292 g/mol. The minimum atomic E-state index is -5.63. The lowest BCUT2D eigenvalue weighted by molar-refractivity contribution is -0.277. The third kappa shape index (κ3) is 4.26. The molecule has 0 radical (unpaired) electrons. The Kier molecular flexibility index (Phi) is 4.70. The highest BCUT2D eigenvalue weighted by atomic mass is 19.4. The molecule has 0 heterocycles. The Morgan fingerprint density at radius 1 is 1.16 bits per heavy atom. The number of carbonyl (C=O) groups excluding carboxylic acids is 1. The molecule has 0 aromatic heterocycles. The van der Waals surface area contributed by atoms with Crippen molar-refractivity contribution in [1.82, 2.24) is 4.90 Å². The van der Waals surface area contributed by atoms with Crippen LogP contribution in [0, 0.1) is 5.92 Å². The smallest absolute Gasteiger partial charge is 0.339 e. The van der Waals surface area contributed by atoms with Crippen LogP contribution in [-0.2, 0) is 4.79 Å². The van der Waals surface area contributed by atoms with E-state index < -0.39 is 30.2 Å². The first-order valence-electron chi connectivity index (χ1n) is 5.73. The molecule has 1 aliphatic rings. The Hall–Kier alpha value is -0.990. The average molecular weight is 292 g/mol. The van der Waals surface area contributed by atoms with Crippen LogP contribution in [0.15, 0.2) is 0 Å². The van der Waals surface area contributed by atoms with E-state index in [-0.39, 0.29) is 19.5 Å². The third-order valence-electron chi connectivity index (χ3n) is 2.78. The summed E-state index contributed by atoms with van der Waals surface area (Å²) in [6.07, 6.45) is -10.2. The Morgan fingerprint density at radius 2 is 1.63 bits per heavy atom. The normalized spacial score (nSPS) is 16.8. The summed E-state index contributed by atoms with van der Waals surface area (Å²) in [5.41, 5.74) is 5.16. The maximum Gasteiger partial charge on any atom is 0.409 e. The number of hydrogen-bond donors (Lipinski definition) is 1. The van der Waals surface area contributed by atoms with E-state index in [1.807, 2.05) is 0 Å². The van der Waals surface area contributed by atoms with Gasteiger partial charge in [0.25, 0.3) is 0 Å². The van der Waals surface area contributed by atoms with Gasteiger partial charge in [-0.05, 0) is 25.8 Å². The van der Waals surface area contributed by atoms with Gasteiger partial charge in [0, 0.05) is 12.6 Å². The van der Waals surface area contributed by atoms with Crippen LogP contribution in [0.3, 0.4) is 0 Å². The van der Waals surface area contributed by atoms with Gasteiger partial charge in [0.15, 0.2) is 0 Å². The van der Waals surface area contributed by atoms with Gasteiger partial charge in [0.05, 0.1) is 0 Å². The molecule has 0 aliphatic heterocycles. The lowest BCUT2D eigenvalue weighted by atomic mass is 10.1. The first-order chi connectivity index (χ1) is 8.59. The fourth-order valence-electron chi connectivity index (χ4n) is 1.75. The minimum Gasteiger partial charge on any atom is -0.339 e. The van der Waals surface area contributed by atoms with Gasteiger partial charge in [-0.2, -0.15) is 26.3 Å². The second-order valence-corrected chi connectivity index (χ2v) is 4.42. The second kappa shape index (κ2) is 5.56. The molecule has 0 atom stereocenters. The van der Waals surface area contributed by atoms with Crippen molar-refractivity contribution in [3.63, 3.8) is 0 Å². The number of halogens is 6. The molecule has 0 bridgehead atoms. The van der Waals surface area contributed by atoms with Crippen molar-refractivity contribution in [1.29, 1.82) is 0 Å². The van der Waals surface area contributed by atoms with Crippen molar-refractivity contribution >= 4 is 5.91 Å². The van der Waals surface area contributed by atoms with E-state index >= 15 is 0 Å². The van der Waals surface area contributed by atoms with E-state index in [0.717, 1.165) is 0 Å². The Balaban J connectivity index is 2.90. The average Bonchev–Trinajstić information content (AvgIpc) is 2.97. The molecule has 0 spiro atoms. The van der Waals surface area contributed by atoms with Crippen LogP contribution >= 0.6 is 0 Å². The highest BCUT2D eigenvalue weighted by molar-refractivity contribution is 5.81. The Labute approximate surface area is 105 Å². The molecule has 1 saturated carbocycles. The first-order valence-corrected chi connectivity index (χ1v) is 5.73. The predicted octanol–water partition coefficient (Wildman–Crippen LogP) is 2.07. The van der Waals surface area contributed by atoms with Gasteiger partial charge < -0.3 is 10.6 Å². The zero-order valence-corrected chi connectivity index (χ0v) is 9.89. The molecule has 0 saturated heterocycles. The molecule has 1 fully saturated rings. The van der Waals surface area contributed by atoms with E-state index in [1.54, 1.807) is 0 Å². The van der Waals surface area contributed by atoms with Gasteiger partial charge in [-0.15, -0.1) is 0 Å². The van der Waals surface area contributed by atoms with Crippen molar-refractivity contribution in [2.45, 2.75) is 37.7 Å². The molecule has 112 valence electrons. The number of rotatable bonds is 5. The highest BCUT2D eigenvalue weighted by Crippen LogP contribution is 2.42. The Bertz CT molecular complexity index is 309. The summed E-state index contributed by atoms with van der Waals surface area (Å²) in [5.74, 6) is -5.87. The zero-order valence-electron chi connectivity index (χ0n) is 9.89. The topological polar surface area (TPSA) is 46.3 Å². The van der Waals surface area contributed by atoms with Crippen LogP contribution in [0.1, 0.15) is 19.3 Å². The van der Waals surface area contributed by atoms with Crippen LogP contribution in [0.25, 0.3) is 0 Å². The molecule has 0 unspecified atom stereocenters. The molecule has 1 rings (SSSR count). The standard InChI is InChI=1S/C10H14F6N2O/c11-9(12,13)7(10(14,15)16)8(19)18(5-1-4-17)6-2-3-6/h6-7H,1-5,17H2. The zero-order chi connectivity index (χ0) is 14.8. The predicted molar refractivity (Wildman–Crippen MR) is 54.0 cm³/mol. The summed E-state index contributed by atoms with van der Waals surface area (Å²) in [5, 5.41) is 0. The lowest BCUT2D eigenvalue weighted by Crippen LogP contribution is -2.50. The summed E-state index contributed by atoms with van der Waals surface area (Å²) >= 11 is 0. The summed E-state index contributed by atoms with van der Waals surface area (Å²) in [6.45, 7) is -0.0815. The maximum atomic E-state index is 12.4. The number of hydrogen-bond acceptors (Lipinski definition) is 2. The number of amides is 1. The molecule has 1 aliphatic carbocycles. The van der Waals surface area contributed by atoms with E-state index in [9.17, 15) is 31.1 Å². The van der Waals surface area contributed by atoms with Crippen molar-refractivity contribution in [2.24, 2.45) is 11.7 Å². The number of carbonyl (C=O) groups is 1. The van der Waals surface area contributed by atoms with Crippen LogP contribution in [0.4, 0.5) is 26.3 Å². The highest BCUT2D eigenvalue weighted by Gasteiger charge is 2.62. The fourth-order valence-corrected chi connectivity index (χ4v) is 1.75. The molecular formula is C10H14F6N2O. The van der Waals surface area contributed by atoms with E-state index in [1.165, 1.54) is 0 Å². The van der Waals surface area contributed by atoms with Crippen LogP contribution < -0.4 is 5.73 Å². The Morgan fingerprint density at radius 3 is 1.95 bits per heavy atom. The van der Waals surface area contributed by atoms with Gasteiger partial charge >= 0.3 is 12.4 Å². The first kappa shape index (κ1) is 16.1. The van der Waals surface area contributed by atoms with Gasteiger partial charge in [-0.1, -0.05) is 0 Å². The molecule has 2 N–H and O–H groups in total. The summed E-state index contributed by atoms with van der Waals surface area (Å²) < 4.78 is 74.6. The number of alkyl halides is 6. The number of nitrogens with two attached hydrogens (primary N) is 1. The van der Waals surface area contributed by atoms with E-state index in [4.69, 9.17) is 5.73 Å². The van der Waals surface area contributed by atoms with E-state index in [0.29, 0.717) is 17.7 Å². The van der Waals surface area contributed by atoms with Crippen LogP contribution in [0.2, 0.25) is 0 Å². The minimum absolute atomic E-state index is 0.0964. The van der Waals surface area contributed by atoms with Gasteiger partial charge in [0.2, 0.25) is 11.8 Å². The van der Waals surface area contributed by atoms with Crippen molar-refractivity contribution in [3.05, 3.63) is 0 Å². The van der Waals surface area contributed by atoms with Crippen molar-refractivity contribution < 1.29 is 31.1 Å². The molecule has 1 amide bonds. The SMILES string of the molecule is NCCCN(C(=O)C(C(F)(F)F)C(F)(F)F)C1CC1. The molecule has 9 heteroatoms. The molecule has 3 nitrogen and oxygen atoms in total. The van der Waals surface area contributed by atoms with Gasteiger partial charge in [-0.25, -0.2) is 0 Å². The van der Waals surface area contributed by atoms with Gasteiger partial charge in [0.1, 0.15) is 0 Å². The summed E-state index contributed by atoms with van der Waals surface area (Å²) in [4.78, 5) is 12.2. The summed E-state index contributed by atoms with van der Waals surface area (Å²) in [6, 6.07) is -0.522. The quantitative estimate of drug-likeness (QED) is 0.788. The molecular weight excluding hydrogens is 278 g/mol. The second-order valence-electron chi connectivity index (χ2n) is 4.42. The summed E-state index contributed by atoms with van der Waals surface area (Å²) in [7, 11) is 0. The largest absolute Gasteiger partial charge is 0.409 e. The molecule has 19 heavy (non-hydrogen) atoms. The fraction of sp³-hybridized carbons (Fsp3) is 0.900.